The normalized spacial score (nSPS) is 12.6. The summed E-state index contributed by atoms with van der Waals surface area (Å²) in [6.07, 6.45) is 0.0912. The van der Waals surface area contributed by atoms with Crippen LogP contribution < -0.4 is 5.32 Å². The average Bonchev–Trinajstić information content (AvgIpc) is 2.34. The van der Waals surface area contributed by atoms with Crippen molar-refractivity contribution < 1.29 is 14.3 Å². The Hall–Kier alpha value is -1.84. The van der Waals surface area contributed by atoms with Gasteiger partial charge in [-0.15, -0.1) is 0 Å². The number of nitrogens with one attached hydrogen (secondary N) is 1. The van der Waals surface area contributed by atoms with Crippen molar-refractivity contribution in [3.63, 3.8) is 0 Å². The number of hydrogen-bond donors (Lipinski definition) is 1. The minimum Gasteiger partial charge on any atom is -0.469 e. The molecule has 1 unspecified atom stereocenters. The molecule has 0 aliphatic carbocycles. The van der Waals surface area contributed by atoms with E-state index < -0.39 is 11.9 Å². The Kier molecular flexibility index (Phi) is 5.10. The Labute approximate surface area is 114 Å². The number of carbonyl (C=O) groups is 2. The third kappa shape index (κ3) is 5.12. The largest absolute Gasteiger partial charge is 0.469 e. The maximum atomic E-state index is 11.9. The molecule has 4 heteroatoms. The molecule has 0 saturated heterocycles. The Morgan fingerprint density at radius 2 is 1.79 bits per heavy atom. The standard InChI is InChI=1S/C15H21NO3/c1-15(2,3)16-13(17)10-12(14(18)19-4)11-8-6-5-7-9-11/h5-9,12H,10H2,1-4H3,(H,16,17). The van der Waals surface area contributed by atoms with E-state index in [0.29, 0.717) is 0 Å². The van der Waals surface area contributed by atoms with Crippen molar-refractivity contribution in [3.8, 4) is 0 Å². The molecule has 19 heavy (non-hydrogen) atoms. The number of hydrogen-bond acceptors (Lipinski definition) is 3. The Morgan fingerprint density at radius 3 is 2.26 bits per heavy atom. The van der Waals surface area contributed by atoms with Crippen molar-refractivity contribution in [2.45, 2.75) is 38.6 Å². The lowest BCUT2D eigenvalue weighted by Crippen LogP contribution is -2.41. The Balaban J connectivity index is 2.83. The van der Waals surface area contributed by atoms with Crippen molar-refractivity contribution in [1.29, 1.82) is 0 Å². The molecule has 0 heterocycles. The van der Waals surface area contributed by atoms with Crippen molar-refractivity contribution in [3.05, 3.63) is 35.9 Å². The fourth-order valence-corrected chi connectivity index (χ4v) is 1.82. The molecule has 4 nitrogen and oxygen atoms in total. The first-order valence-corrected chi connectivity index (χ1v) is 6.27. The van der Waals surface area contributed by atoms with Gasteiger partial charge < -0.3 is 10.1 Å². The third-order valence-corrected chi connectivity index (χ3v) is 2.59. The summed E-state index contributed by atoms with van der Waals surface area (Å²) in [5, 5.41) is 2.85. The van der Waals surface area contributed by atoms with E-state index in [4.69, 9.17) is 4.74 Å². The lowest BCUT2D eigenvalue weighted by atomic mass is 9.95. The summed E-state index contributed by atoms with van der Waals surface area (Å²) in [6, 6.07) is 9.20. The molecule has 0 aliphatic rings. The molecule has 1 atom stereocenters. The zero-order chi connectivity index (χ0) is 14.5. The first kappa shape index (κ1) is 15.2. The van der Waals surface area contributed by atoms with Gasteiger partial charge in [-0.05, 0) is 26.3 Å². The first-order chi connectivity index (χ1) is 8.83. The van der Waals surface area contributed by atoms with Gasteiger partial charge in [0, 0.05) is 12.0 Å². The lowest BCUT2D eigenvalue weighted by molar-refractivity contribution is -0.144. The molecule has 1 aromatic carbocycles. The highest BCUT2D eigenvalue weighted by atomic mass is 16.5. The van der Waals surface area contributed by atoms with Crippen LogP contribution in [0.4, 0.5) is 0 Å². The van der Waals surface area contributed by atoms with Crippen molar-refractivity contribution >= 4 is 11.9 Å². The quantitative estimate of drug-likeness (QED) is 0.848. The van der Waals surface area contributed by atoms with Crippen LogP contribution in [0.3, 0.4) is 0 Å². The van der Waals surface area contributed by atoms with Crippen LogP contribution >= 0.6 is 0 Å². The van der Waals surface area contributed by atoms with Gasteiger partial charge in [-0.25, -0.2) is 0 Å². The monoisotopic (exact) mass is 263 g/mol. The molecular weight excluding hydrogens is 242 g/mol. The number of carbonyl (C=O) groups excluding carboxylic acids is 2. The summed E-state index contributed by atoms with van der Waals surface area (Å²) >= 11 is 0. The summed E-state index contributed by atoms with van der Waals surface area (Å²) in [7, 11) is 1.33. The molecule has 0 aliphatic heterocycles. The van der Waals surface area contributed by atoms with Crippen LogP contribution in [0.2, 0.25) is 0 Å². The smallest absolute Gasteiger partial charge is 0.313 e. The second-order valence-corrected chi connectivity index (χ2v) is 5.49. The Morgan fingerprint density at radius 1 is 1.21 bits per heavy atom. The third-order valence-electron chi connectivity index (χ3n) is 2.59. The van der Waals surface area contributed by atoms with E-state index in [1.807, 2.05) is 51.1 Å². The van der Waals surface area contributed by atoms with E-state index in [1.54, 1.807) is 0 Å². The number of ether oxygens (including phenoxy) is 1. The summed E-state index contributed by atoms with van der Waals surface area (Å²) in [5.41, 5.74) is 0.479. The molecule has 1 aromatic rings. The molecule has 0 radical (unpaired) electrons. The van der Waals surface area contributed by atoms with E-state index >= 15 is 0 Å². The van der Waals surface area contributed by atoms with Gasteiger partial charge in [-0.3, -0.25) is 9.59 Å². The number of rotatable bonds is 4. The maximum absolute atomic E-state index is 11.9. The summed E-state index contributed by atoms with van der Waals surface area (Å²) in [5.74, 6) is -1.12. The molecule has 0 fully saturated rings. The summed E-state index contributed by atoms with van der Waals surface area (Å²) < 4.78 is 4.78. The number of methoxy groups -OCH3 is 1. The van der Waals surface area contributed by atoms with Gasteiger partial charge in [0.05, 0.1) is 13.0 Å². The van der Waals surface area contributed by atoms with E-state index in [0.717, 1.165) is 5.56 Å². The van der Waals surface area contributed by atoms with Crippen LogP contribution in [0.25, 0.3) is 0 Å². The van der Waals surface area contributed by atoms with E-state index in [-0.39, 0.29) is 17.9 Å². The molecular formula is C15H21NO3. The molecule has 0 aromatic heterocycles. The Bertz CT molecular complexity index is 434. The first-order valence-electron chi connectivity index (χ1n) is 6.27. The highest BCUT2D eigenvalue weighted by Crippen LogP contribution is 2.21. The second-order valence-electron chi connectivity index (χ2n) is 5.49. The van der Waals surface area contributed by atoms with Crippen LogP contribution in [0.15, 0.2) is 30.3 Å². The summed E-state index contributed by atoms with van der Waals surface area (Å²) in [4.78, 5) is 23.8. The van der Waals surface area contributed by atoms with Crippen LogP contribution in [-0.4, -0.2) is 24.5 Å². The van der Waals surface area contributed by atoms with E-state index in [2.05, 4.69) is 5.32 Å². The average molecular weight is 263 g/mol. The van der Waals surface area contributed by atoms with Crippen molar-refractivity contribution in [2.75, 3.05) is 7.11 Å². The number of amides is 1. The molecule has 104 valence electrons. The van der Waals surface area contributed by atoms with Gasteiger partial charge in [-0.1, -0.05) is 30.3 Å². The highest BCUT2D eigenvalue weighted by molar-refractivity contribution is 5.86. The van der Waals surface area contributed by atoms with Gasteiger partial charge >= 0.3 is 5.97 Å². The number of benzene rings is 1. The van der Waals surface area contributed by atoms with E-state index in [1.165, 1.54) is 7.11 Å². The molecule has 1 rings (SSSR count). The van der Waals surface area contributed by atoms with Gasteiger partial charge in [0.25, 0.3) is 0 Å². The van der Waals surface area contributed by atoms with Crippen LogP contribution in [0.5, 0.6) is 0 Å². The zero-order valence-electron chi connectivity index (χ0n) is 11.9. The predicted molar refractivity (Wildman–Crippen MR) is 73.7 cm³/mol. The van der Waals surface area contributed by atoms with Crippen LogP contribution in [-0.2, 0) is 14.3 Å². The molecule has 0 saturated carbocycles. The van der Waals surface area contributed by atoms with Crippen molar-refractivity contribution in [2.24, 2.45) is 0 Å². The second kappa shape index (κ2) is 6.36. The molecule has 0 spiro atoms. The van der Waals surface area contributed by atoms with Crippen molar-refractivity contribution in [1.82, 2.24) is 5.32 Å². The molecule has 1 amide bonds. The predicted octanol–water partition coefficient (Wildman–Crippen LogP) is 2.25. The van der Waals surface area contributed by atoms with Gasteiger partial charge in [0.2, 0.25) is 5.91 Å². The molecule has 0 bridgehead atoms. The lowest BCUT2D eigenvalue weighted by Gasteiger charge is -2.22. The minimum atomic E-state index is -0.562. The molecule has 1 N–H and O–H groups in total. The van der Waals surface area contributed by atoms with Crippen LogP contribution in [0.1, 0.15) is 38.7 Å². The fraction of sp³-hybridized carbons (Fsp3) is 0.467. The topological polar surface area (TPSA) is 55.4 Å². The highest BCUT2D eigenvalue weighted by Gasteiger charge is 2.26. The maximum Gasteiger partial charge on any atom is 0.313 e. The van der Waals surface area contributed by atoms with E-state index in [9.17, 15) is 9.59 Å². The van der Waals surface area contributed by atoms with Gasteiger partial charge in [-0.2, -0.15) is 0 Å². The summed E-state index contributed by atoms with van der Waals surface area (Å²) in [6.45, 7) is 5.71. The minimum absolute atomic E-state index is 0.0912. The fourth-order valence-electron chi connectivity index (χ4n) is 1.82. The zero-order valence-corrected chi connectivity index (χ0v) is 11.9. The number of esters is 1. The SMILES string of the molecule is COC(=O)C(CC(=O)NC(C)(C)C)c1ccccc1. The van der Waals surface area contributed by atoms with Crippen LogP contribution in [0, 0.1) is 0 Å². The van der Waals surface area contributed by atoms with Gasteiger partial charge in [0.15, 0.2) is 0 Å². The van der Waals surface area contributed by atoms with Gasteiger partial charge in [0.1, 0.15) is 0 Å².